The maximum atomic E-state index is 9.40. The van der Waals surface area contributed by atoms with E-state index in [1.54, 1.807) is 6.20 Å². The number of hydrogen-bond donors (Lipinski definition) is 1. The van der Waals surface area contributed by atoms with Crippen molar-refractivity contribution < 1.29 is 14.6 Å². The second-order valence-corrected chi connectivity index (χ2v) is 4.69. The smallest absolute Gasteiger partial charge is 0.146 e. The number of hydrogen-bond acceptors (Lipinski definition) is 4. The lowest BCUT2D eigenvalue weighted by molar-refractivity contribution is 0.251. The van der Waals surface area contributed by atoms with Crippen LogP contribution in [0.1, 0.15) is 31.7 Å². The zero-order valence-electron chi connectivity index (χ0n) is 12.6. The Morgan fingerprint density at radius 3 is 2.81 bits per heavy atom. The molecule has 2 aromatic rings. The van der Waals surface area contributed by atoms with Gasteiger partial charge in [0.2, 0.25) is 0 Å². The molecule has 5 heteroatoms. The third kappa shape index (κ3) is 3.98. The van der Waals surface area contributed by atoms with Crippen LogP contribution in [0.2, 0.25) is 0 Å². The number of nitrogens with zero attached hydrogens (tertiary/aromatic N) is 2. The lowest BCUT2D eigenvalue weighted by Crippen LogP contribution is -2.06. The van der Waals surface area contributed by atoms with Crippen molar-refractivity contribution in [3.8, 4) is 11.5 Å². The number of ether oxygens (including phenoxy) is 2. The van der Waals surface area contributed by atoms with E-state index < -0.39 is 0 Å². The lowest BCUT2D eigenvalue weighted by Gasteiger charge is -2.13. The van der Waals surface area contributed by atoms with Crippen LogP contribution in [0.5, 0.6) is 11.5 Å². The molecule has 5 nitrogen and oxygen atoms in total. The fraction of sp³-hybridized carbons (Fsp3) is 0.438. The average Bonchev–Trinajstić information content (AvgIpc) is 2.98. The standard InChI is InChI=1S/C16H22N2O3/c1-3-9-20-14-6-5-13(11-19)15(10-14)21-12-16-17-7-8-18(16)4-2/h5-8,10,19H,3-4,9,11-12H2,1-2H3. The zero-order valence-corrected chi connectivity index (χ0v) is 12.6. The van der Waals surface area contributed by atoms with E-state index in [1.807, 2.05) is 29.0 Å². The van der Waals surface area contributed by atoms with Crippen LogP contribution < -0.4 is 9.47 Å². The minimum Gasteiger partial charge on any atom is -0.493 e. The summed E-state index contributed by atoms with van der Waals surface area (Å²) in [4.78, 5) is 4.27. The molecule has 0 aliphatic carbocycles. The van der Waals surface area contributed by atoms with E-state index >= 15 is 0 Å². The Balaban J connectivity index is 2.09. The molecule has 0 aliphatic rings. The highest BCUT2D eigenvalue weighted by Crippen LogP contribution is 2.26. The summed E-state index contributed by atoms with van der Waals surface area (Å²) in [7, 11) is 0. The van der Waals surface area contributed by atoms with Crippen molar-refractivity contribution in [2.45, 2.75) is 40.0 Å². The van der Waals surface area contributed by atoms with E-state index in [0.717, 1.165) is 30.1 Å². The number of rotatable bonds is 8. The molecule has 1 heterocycles. The summed E-state index contributed by atoms with van der Waals surface area (Å²) in [5.74, 6) is 2.25. The fourth-order valence-corrected chi connectivity index (χ4v) is 2.02. The Labute approximate surface area is 125 Å². The molecule has 0 amide bonds. The van der Waals surface area contributed by atoms with Gasteiger partial charge in [0.05, 0.1) is 13.2 Å². The largest absolute Gasteiger partial charge is 0.493 e. The summed E-state index contributed by atoms with van der Waals surface area (Å²) in [5.41, 5.74) is 0.744. The van der Waals surface area contributed by atoms with Crippen molar-refractivity contribution >= 4 is 0 Å². The Kier molecular flexibility index (Phi) is 5.63. The highest BCUT2D eigenvalue weighted by Gasteiger charge is 2.08. The van der Waals surface area contributed by atoms with E-state index in [0.29, 0.717) is 19.0 Å². The number of aryl methyl sites for hydroxylation is 1. The number of aliphatic hydroxyl groups is 1. The SMILES string of the molecule is CCCOc1ccc(CO)c(OCc2nccn2CC)c1. The van der Waals surface area contributed by atoms with Crippen molar-refractivity contribution in [2.75, 3.05) is 6.61 Å². The monoisotopic (exact) mass is 290 g/mol. The van der Waals surface area contributed by atoms with Gasteiger partial charge in [-0.05, 0) is 25.5 Å². The van der Waals surface area contributed by atoms with Crippen LogP contribution in [0.3, 0.4) is 0 Å². The minimum absolute atomic E-state index is 0.0639. The Bertz CT molecular complexity index is 566. The molecule has 0 atom stereocenters. The molecule has 1 aromatic heterocycles. The van der Waals surface area contributed by atoms with Gasteiger partial charge >= 0.3 is 0 Å². The fourth-order valence-electron chi connectivity index (χ4n) is 2.02. The van der Waals surface area contributed by atoms with Crippen molar-refractivity contribution in [3.05, 3.63) is 42.0 Å². The van der Waals surface area contributed by atoms with Gasteiger partial charge in [-0.15, -0.1) is 0 Å². The normalized spacial score (nSPS) is 10.6. The molecule has 0 saturated carbocycles. The van der Waals surface area contributed by atoms with Crippen LogP contribution in [0.15, 0.2) is 30.6 Å². The number of aromatic nitrogens is 2. The van der Waals surface area contributed by atoms with E-state index in [9.17, 15) is 5.11 Å². The van der Waals surface area contributed by atoms with Gasteiger partial charge in [-0.25, -0.2) is 4.98 Å². The molecule has 0 spiro atoms. The second kappa shape index (κ2) is 7.69. The maximum absolute atomic E-state index is 9.40. The average molecular weight is 290 g/mol. The molecule has 0 bridgehead atoms. The lowest BCUT2D eigenvalue weighted by atomic mass is 10.2. The van der Waals surface area contributed by atoms with Gasteiger partial charge in [-0.1, -0.05) is 6.92 Å². The van der Waals surface area contributed by atoms with E-state index in [2.05, 4.69) is 18.8 Å². The highest BCUT2D eigenvalue weighted by molar-refractivity contribution is 5.40. The van der Waals surface area contributed by atoms with E-state index in [-0.39, 0.29) is 6.61 Å². The van der Waals surface area contributed by atoms with Gasteiger partial charge in [0.1, 0.15) is 23.9 Å². The van der Waals surface area contributed by atoms with Crippen LogP contribution in [-0.2, 0) is 19.8 Å². The first-order valence-corrected chi connectivity index (χ1v) is 7.27. The molecule has 0 unspecified atom stereocenters. The second-order valence-electron chi connectivity index (χ2n) is 4.69. The molecular formula is C16H22N2O3. The Morgan fingerprint density at radius 2 is 2.10 bits per heavy atom. The predicted molar refractivity (Wildman–Crippen MR) is 80.4 cm³/mol. The van der Waals surface area contributed by atoms with Crippen molar-refractivity contribution in [1.82, 2.24) is 9.55 Å². The molecule has 0 fully saturated rings. The summed E-state index contributed by atoms with van der Waals surface area (Å²) in [5, 5.41) is 9.40. The number of aliphatic hydroxyl groups excluding tert-OH is 1. The molecule has 1 aromatic carbocycles. The van der Waals surface area contributed by atoms with Crippen LogP contribution in [0.4, 0.5) is 0 Å². The van der Waals surface area contributed by atoms with Crippen molar-refractivity contribution in [1.29, 1.82) is 0 Å². The molecule has 114 valence electrons. The Morgan fingerprint density at radius 1 is 1.24 bits per heavy atom. The third-order valence-corrected chi connectivity index (χ3v) is 3.18. The zero-order chi connectivity index (χ0) is 15.1. The molecule has 1 N–H and O–H groups in total. The minimum atomic E-state index is -0.0639. The van der Waals surface area contributed by atoms with Gasteiger partial charge < -0.3 is 19.1 Å². The third-order valence-electron chi connectivity index (χ3n) is 3.18. The first-order valence-electron chi connectivity index (χ1n) is 7.27. The maximum Gasteiger partial charge on any atom is 0.146 e. The van der Waals surface area contributed by atoms with Crippen LogP contribution in [-0.4, -0.2) is 21.3 Å². The summed E-state index contributed by atoms with van der Waals surface area (Å²) in [6, 6.07) is 5.49. The first kappa shape index (κ1) is 15.4. The molecule has 0 radical (unpaired) electrons. The number of benzene rings is 1. The summed E-state index contributed by atoms with van der Waals surface area (Å²) < 4.78 is 13.4. The van der Waals surface area contributed by atoms with Gasteiger partial charge in [0.15, 0.2) is 0 Å². The Hall–Kier alpha value is -2.01. The predicted octanol–water partition coefficient (Wildman–Crippen LogP) is 2.76. The molecule has 2 rings (SSSR count). The summed E-state index contributed by atoms with van der Waals surface area (Å²) >= 11 is 0. The van der Waals surface area contributed by atoms with Gasteiger partial charge in [-0.2, -0.15) is 0 Å². The number of imidazole rings is 1. The van der Waals surface area contributed by atoms with Gasteiger partial charge in [0, 0.05) is 30.6 Å². The molecule has 0 aliphatic heterocycles. The van der Waals surface area contributed by atoms with Crippen LogP contribution >= 0.6 is 0 Å². The van der Waals surface area contributed by atoms with Crippen molar-refractivity contribution in [3.63, 3.8) is 0 Å². The highest BCUT2D eigenvalue weighted by atomic mass is 16.5. The molecule has 0 saturated heterocycles. The topological polar surface area (TPSA) is 56.5 Å². The van der Waals surface area contributed by atoms with Crippen LogP contribution in [0.25, 0.3) is 0 Å². The van der Waals surface area contributed by atoms with E-state index in [1.165, 1.54) is 0 Å². The molecule has 21 heavy (non-hydrogen) atoms. The summed E-state index contributed by atoms with van der Waals surface area (Å²) in [6.45, 7) is 5.94. The van der Waals surface area contributed by atoms with Gasteiger partial charge in [-0.3, -0.25) is 0 Å². The van der Waals surface area contributed by atoms with Crippen LogP contribution in [0, 0.1) is 0 Å². The first-order chi connectivity index (χ1) is 10.3. The van der Waals surface area contributed by atoms with Gasteiger partial charge in [0.25, 0.3) is 0 Å². The molecular weight excluding hydrogens is 268 g/mol. The quantitative estimate of drug-likeness (QED) is 0.812. The van der Waals surface area contributed by atoms with E-state index in [4.69, 9.17) is 9.47 Å². The van der Waals surface area contributed by atoms with Crippen molar-refractivity contribution in [2.24, 2.45) is 0 Å². The summed E-state index contributed by atoms with van der Waals surface area (Å²) in [6.07, 6.45) is 4.63.